The maximum atomic E-state index is 12.2. The molecule has 110 valence electrons. The van der Waals surface area contributed by atoms with Gasteiger partial charge in [0.15, 0.2) is 0 Å². The van der Waals surface area contributed by atoms with Gasteiger partial charge in [-0.25, -0.2) is 0 Å². The third-order valence-electron chi connectivity index (χ3n) is 3.31. The highest BCUT2D eigenvalue weighted by Gasteiger charge is 2.33. The lowest BCUT2D eigenvalue weighted by atomic mass is 9.94. The molecule has 0 saturated carbocycles. The molecule has 0 spiro atoms. The van der Waals surface area contributed by atoms with Crippen molar-refractivity contribution in [3.8, 4) is 0 Å². The van der Waals surface area contributed by atoms with Crippen LogP contribution in [0.2, 0.25) is 0 Å². The van der Waals surface area contributed by atoms with Crippen molar-refractivity contribution < 1.29 is 9.59 Å². The normalized spacial score (nSPS) is 17.4. The first-order valence-corrected chi connectivity index (χ1v) is 7.28. The van der Waals surface area contributed by atoms with Gasteiger partial charge in [0.2, 0.25) is 11.8 Å². The van der Waals surface area contributed by atoms with E-state index in [1.165, 1.54) is 0 Å². The monoisotopic (exact) mass is 289 g/mol. The fourth-order valence-electron chi connectivity index (χ4n) is 2.05. The van der Waals surface area contributed by atoms with Crippen LogP contribution in [-0.2, 0) is 9.59 Å². The molecule has 1 N–H and O–H groups in total. The Labute approximate surface area is 120 Å². The largest absolute Gasteiger partial charge is 0.355 e. The molecule has 2 amide bonds. The average molecular weight is 290 g/mol. The van der Waals surface area contributed by atoms with E-state index in [0.717, 1.165) is 13.1 Å². The molecule has 1 rings (SSSR count). The number of nitrogens with one attached hydrogen (secondary N) is 1. The minimum absolute atomic E-state index is 0.0448. The van der Waals surface area contributed by atoms with Crippen LogP contribution in [0.15, 0.2) is 0 Å². The zero-order valence-electron chi connectivity index (χ0n) is 12.0. The lowest BCUT2D eigenvalue weighted by Crippen LogP contribution is -2.54. The second kappa shape index (κ2) is 7.10. The van der Waals surface area contributed by atoms with E-state index in [2.05, 4.69) is 10.2 Å². The molecule has 1 saturated heterocycles. The Morgan fingerprint density at radius 2 is 1.79 bits per heavy atom. The number of hydrogen-bond acceptors (Lipinski definition) is 3. The molecule has 0 aliphatic carbocycles. The Balaban J connectivity index is 2.41. The smallest absolute Gasteiger partial charge is 0.234 e. The summed E-state index contributed by atoms with van der Waals surface area (Å²) in [6, 6.07) is 0. The summed E-state index contributed by atoms with van der Waals surface area (Å²) in [4.78, 5) is 27.6. The molecule has 0 aromatic carbocycles. The van der Waals surface area contributed by atoms with Crippen LogP contribution < -0.4 is 5.32 Å². The van der Waals surface area contributed by atoms with Crippen LogP contribution in [0.25, 0.3) is 0 Å². The minimum atomic E-state index is -0.511. The molecule has 0 atom stereocenters. The Hall–Kier alpha value is -0.810. The highest BCUT2D eigenvalue weighted by atomic mass is 35.5. The molecule has 0 bridgehead atoms. The summed E-state index contributed by atoms with van der Waals surface area (Å²) in [5.74, 6) is 0.467. The van der Waals surface area contributed by atoms with Gasteiger partial charge in [-0.3, -0.25) is 14.5 Å². The van der Waals surface area contributed by atoms with Crippen LogP contribution >= 0.6 is 11.6 Å². The number of carbonyl (C=O) groups is 2. The number of amides is 2. The van der Waals surface area contributed by atoms with Crippen molar-refractivity contribution in [2.45, 2.75) is 20.8 Å². The predicted molar refractivity (Wildman–Crippen MR) is 76.2 cm³/mol. The van der Waals surface area contributed by atoms with Gasteiger partial charge in [0, 0.05) is 38.6 Å². The van der Waals surface area contributed by atoms with Gasteiger partial charge in [-0.15, -0.1) is 11.6 Å². The van der Waals surface area contributed by atoms with Crippen LogP contribution in [0, 0.1) is 5.41 Å². The van der Waals surface area contributed by atoms with Crippen molar-refractivity contribution in [1.82, 2.24) is 15.1 Å². The van der Waals surface area contributed by atoms with E-state index in [1.54, 1.807) is 0 Å². The van der Waals surface area contributed by atoms with E-state index in [9.17, 15) is 9.59 Å². The fraction of sp³-hybridized carbons (Fsp3) is 0.846. The fourth-order valence-corrected chi connectivity index (χ4v) is 2.16. The van der Waals surface area contributed by atoms with E-state index in [0.29, 0.717) is 32.1 Å². The maximum Gasteiger partial charge on any atom is 0.234 e. The first-order chi connectivity index (χ1) is 8.90. The lowest BCUT2D eigenvalue weighted by Gasteiger charge is -2.37. The summed E-state index contributed by atoms with van der Waals surface area (Å²) >= 11 is 5.83. The number of nitrogens with zero attached hydrogens (tertiary/aromatic N) is 2. The maximum absolute atomic E-state index is 12.2. The van der Waals surface area contributed by atoms with Crippen LogP contribution in [0.4, 0.5) is 0 Å². The number of likely N-dealkylation sites (N-methyl/N-ethyl adjacent to an activating group) is 1. The molecule has 6 heteroatoms. The third kappa shape index (κ3) is 4.66. The number of alkyl halides is 1. The minimum Gasteiger partial charge on any atom is -0.355 e. The summed E-state index contributed by atoms with van der Waals surface area (Å²) in [6.07, 6.45) is 0. The number of halogens is 1. The topological polar surface area (TPSA) is 52.7 Å². The average Bonchev–Trinajstić information content (AvgIpc) is 2.39. The zero-order valence-corrected chi connectivity index (χ0v) is 12.8. The van der Waals surface area contributed by atoms with Crippen molar-refractivity contribution in [2.24, 2.45) is 5.41 Å². The molecule has 5 nitrogen and oxygen atoms in total. The van der Waals surface area contributed by atoms with Crippen molar-refractivity contribution in [2.75, 3.05) is 45.1 Å². The van der Waals surface area contributed by atoms with Gasteiger partial charge in [0.05, 0.1) is 12.0 Å². The van der Waals surface area contributed by atoms with Gasteiger partial charge >= 0.3 is 0 Å². The second-order valence-electron chi connectivity index (χ2n) is 5.54. The SMILES string of the molecule is CCNC(=O)CN1CCN(C(=O)C(C)(C)CCl)CC1. The molecule has 0 aromatic heterocycles. The molecule has 1 aliphatic heterocycles. The molecular formula is C13H24ClN3O2. The van der Waals surface area contributed by atoms with Crippen LogP contribution in [-0.4, -0.2) is 66.8 Å². The Morgan fingerprint density at radius 3 is 2.26 bits per heavy atom. The van der Waals surface area contributed by atoms with Gasteiger partial charge in [-0.05, 0) is 20.8 Å². The molecule has 1 aliphatic rings. The summed E-state index contributed by atoms with van der Waals surface area (Å²) in [6.45, 7) is 9.51. The number of hydrogen-bond donors (Lipinski definition) is 1. The second-order valence-corrected chi connectivity index (χ2v) is 5.81. The van der Waals surface area contributed by atoms with Gasteiger partial charge in [-0.2, -0.15) is 0 Å². The number of rotatable bonds is 5. The van der Waals surface area contributed by atoms with Gasteiger partial charge in [0.25, 0.3) is 0 Å². The van der Waals surface area contributed by atoms with Gasteiger partial charge in [-0.1, -0.05) is 0 Å². The van der Waals surface area contributed by atoms with Crippen molar-refractivity contribution in [1.29, 1.82) is 0 Å². The molecule has 1 fully saturated rings. The number of piperazine rings is 1. The number of carbonyl (C=O) groups excluding carboxylic acids is 2. The molecule has 0 radical (unpaired) electrons. The van der Waals surface area contributed by atoms with E-state index in [1.807, 2.05) is 25.7 Å². The first kappa shape index (κ1) is 16.2. The summed E-state index contributed by atoms with van der Waals surface area (Å²) in [7, 11) is 0. The Kier molecular flexibility index (Phi) is 6.07. The molecular weight excluding hydrogens is 266 g/mol. The predicted octanol–water partition coefficient (Wildman–Crippen LogP) is 0.532. The molecule has 19 heavy (non-hydrogen) atoms. The van der Waals surface area contributed by atoms with Crippen LogP contribution in [0.5, 0.6) is 0 Å². The standard InChI is InChI=1S/C13H24ClN3O2/c1-4-15-11(18)9-16-5-7-17(8-6-16)12(19)13(2,3)10-14/h4-10H2,1-3H3,(H,15,18). The zero-order chi connectivity index (χ0) is 14.5. The van der Waals surface area contributed by atoms with Crippen molar-refractivity contribution in [3.63, 3.8) is 0 Å². The van der Waals surface area contributed by atoms with E-state index in [-0.39, 0.29) is 11.8 Å². The Bertz CT molecular complexity index is 326. The first-order valence-electron chi connectivity index (χ1n) is 6.75. The summed E-state index contributed by atoms with van der Waals surface area (Å²) in [5, 5.41) is 2.78. The third-order valence-corrected chi connectivity index (χ3v) is 3.98. The molecule has 0 unspecified atom stereocenters. The lowest BCUT2D eigenvalue weighted by molar-refractivity contribution is -0.141. The van der Waals surface area contributed by atoms with E-state index >= 15 is 0 Å². The van der Waals surface area contributed by atoms with Gasteiger partial charge in [0.1, 0.15) is 0 Å². The van der Waals surface area contributed by atoms with Crippen LogP contribution in [0.1, 0.15) is 20.8 Å². The highest BCUT2D eigenvalue weighted by molar-refractivity contribution is 6.19. The van der Waals surface area contributed by atoms with Gasteiger partial charge < -0.3 is 10.2 Å². The van der Waals surface area contributed by atoms with E-state index in [4.69, 9.17) is 11.6 Å². The van der Waals surface area contributed by atoms with E-state index < -0.39 is 5.41 Å². The highest BCUT2D eigenvalue weighted by Crippen LogP contribution is 2.21. The van der Waals surface area contributed by atoms with Crippen molar-refractivity contribution in [3.05, 3.63) is 0 Å². The molecule has 0 aromatic rings. The van der Waals surface area contributed by atoms with Crippen LogP contribution in [0.3, 0.4) is 0 Å². The molecule has 1 heterocycles. The quantitative estimate of drug-likeness (QED) is 0.751. The Morgan fingerprint density at radius 1 is 1.21 bits per heavy atom. The summed E-state index contributed by atoms with van der Waals surface area (Å²) < 4.78 is 0. The summed E-state index contributed by atoms with van der Waals surface area (Å²) in [5.41, 5.74) is -0.511. The van der Waals surface area contributed by atoms with Crippen molar-refractivity contribution >= 4 is 23.4 Å².